The Morgan fingerprint density at radius 2 is 1.77 bits per heavy atom. The molecule has 0 saturated carbocycles. The third-order valence-corrected chi connectivity index (χ3v) is 4.47. The van der Waals surface area contributed by atoms with Crippen molar-refractivity contribution < 1.29 is 9.21 Å². The molecule has 3 rings (SSSR count). The summed E-state index contributed by atoms with van der Waals surface area (Å²) in [4.78, 5) is 14.8. The van der Waals surface area contributed by atoms with Gasteiger partial charge in [-0.2, -0.15) is 0 Å². The highest BCUT2D eigenvalue weighted by Gasteiger charge is 2.24. The van der Waals surface area contributed by atoms with Crippen molar-refractivity contribution in [1.82, 2.24) is 4.90 Å². The number of halogens is 1. The molecule has 2 N–H and O–H groups in total. The topological polar surface area (TPSA) is 59.5 Å². The van der Waals surface area contributed by atoms with Crippen molar-refractivity contribution in [2.24, 2.45) is 5.73 Å². The molecule has 0 aliphatic heterocycles. The Bertz CT molecular complexity index is 799. The molecule has 0 fully saturated rings. The second-order valence-electron chi connectivity index (χ2n) is 6.26. The van der Waals surface area contributed by atoms with Crippen LogP contribution < -0.4 is 5.73 Å². The molecule has 0 aliphatic rings. The lowest BCUT2D eigenvalue weighted by Gasteiger charge is -2.24. The summed E-state index contributed by atoms with van der Waals surface area (Å²) in [5.74, 6) is 0.433. The molecule has 0 bridgehead atoms. The number of nitrogens with two attached hydrogens (primary N) is 1. The monoisotopic (exact) mass is 372 g/mol. The van der Waals surface area contributed by atoms with E-state index in [0.717, 1.165) is 17.4 Å². The van der Waals surface area contributed by atoms with Gasteiger partial charge in [0.25, 0.3) is 0 Å². The molecule has 1 aromatic heterocycles. The quantitative estimate of drug-likeness (QED) is 0.682. The number of rotatable bonds is 7. The third kappa shape index (κ3) is 4.65. The first-order valence-corrected chi connectivity index (χ1v) is 8.70. The summed E-state index contributed by atoms with van der Waals surface area (Å²) in [6.07, 6.45) is 0.819. The number of carbonyl (C=O) groups is 1. The molecule has 1 atom stereocenters. The van der Waals surface area contributed by atoms with Gasteiger partial charge in [0.2, 0.25) is 5.91 Å². The molecule has 1 amide bonds. The molecule has 5 heteroatoms. The zero-order valence-corrected chi connectivity index (χ0v) is 15.7. The summed E-state index contributed by atoms with van der Waals surface area (Å²) >= 11 is 0. The number of fused-ring (bicyclic) bond motifs is 1. The highest BCUT2D eigenvalue weighted by Crippen LogP contribution is 2.26. The van der Waals surface area contributed by atoms with Crippen molar-refractivity contribution in [2.45, 2.75) is 19.3 Å². The Kier molecular flexibility index (Phi) is 7.25. The number of para-hydroxylation sites is 1. The van der Waals surface area contributed by atoms with Crippen LogP contribution >= 0.6 is 12.4 Å². The summed E-state index contributed by atoms with van der Waals surface area (Å²) in [6, 6.07) is 19.9. The predicted octanol–water partition coefficient (Wildman–Crippen LogP) is 3.99. The van der Waals surface area contributed by atoms with E-state index in [2.05, 4.69) is 12.1 Å². The van der Waals surface area contributed by atoms with Crippen molar-refractivity contribution in [3.8, 4) is 0 Å². The van der Waals surface area contributed by atoms with Crippen LogP contribution in [-0.4, -0.2) is 30.4 Å². The Labute approximate surface area is 160 Å². The lowest BCUT2D eigenvalue weighted by Crippen LogP contribution is -2.39. The molecular weight excluding hydrogens is 348 g/mol. The molecule has 0 aliphatic carbocycles. The first kappa shape index (κ1) is 20.0. The van der Waals surface area contributed by atoms with E-state index in [0.29, 0.717) is 25.4 Å². The maximum atomic E-state index is 12.9. The Hall–Kier alpha value is -2.30. The zero-order valence-electron chi connectivity index (χ0n) is 14.9. The van der Waals surface area contributed by atoms with Crippen molar-refractivity contribution in [2.75, 3.05) is 19.6 Å². The maximum absolute atomic E-state index is 12.9. The van der Waals surface area contributed by atoms with Gasteiger partial charge < -0.3 is 15.1 Å². The van der Waals surface area contributed by atoms with Crippen LogP contribution in [0.5, 0.6) is 0 Å². The molecule has 0 saturated heterocycles. The van der Waals surface area contributed by atoms with E-state index in [1.54, 1.807) is 0 Å². The van der Waals surface area contributed by atoms with Crippen LogP contribution in [0.1, 0.15) is 24.2 Å². The summed E-state index contributed by atoms with van der Waals surface area (Å²) in [5, 5.41) is 1.02. The molecule has 26 heavy (non-hydrogen) atoms. The van der Waals surface area contributed by atoms with E-state index in [-0.39, 0.29) is 24.2 Å². The first-order valence-electron chi connectivity index (χ1n) is 8.70. The zero-order chi connectivity index (χ0) is 17.6. The predicted molar refractivity (Wildman–Crippen MR) is 108 cm³/mol. The average molecular weight is 373 g/mol. The largest absolute Gasteiger partial charge is 0.460 e. The van der Waals surface area contributed by atoms with Crippen LogP contribution in [0.4, 0.5) is 0 Å². The molecule has 138 valence electrons. The lowest BCUT2D eigenvalue weighted by atomic mass is 10.1. The molecule has 0 spiro atoms. The Morgan fingerprint density at radius 3 is 2.46 bits per heavy atom. The van der Waals surface area contributed by atoms with Gasteiger partial charge in [0.1, 0.15) is 11.3 Å². The minimum Gasteiger partial charge on any atom is -0.460 e. The molecule has 2 aromatic carbocycles. The fraction of sp³-hybridized carbons (Fsp3) is 0.286. The number of amides is 1. The van der Waals surface area contributed by atoms with Crippen molar-refractivity contribution >= 4 is 29.3 Å². The van der Waals surface area contributed by atoms with Crippen LogP contribution in [0.3, 0.4) is 0 Å². The fourth-order valence-electron chi connectivity index (χ4n) is 3.01. The second-order valence-corrected chi connectivity index (χ2v) is 6.26. The third-order valence-electron chi connectivity index (χ3n) is 4.47. The van der Waals surface area contributed by atoms with Gasteiger partial charge in [-0.15, -0.1) is 12.4 Å². The second kappa shape index (κ2) is 9.41. The van der Waals surface area contributed by atoms with Crippen LogP contribution in [0.2, 0.25) is 0 Å². The molecule has 0 radical (unpaired) electrons. The Balaban J connectivity index is 0.00000243. The number of carbonyl (C=O) groups excluding carboxylic acids is 1. The van der Waals surface area contributed by atoms with Crippen LogP contribution in [0, 0.1) is 0 Å². The van der Waals surface area contributed by atoms with E-state index in [1.807, 2.05) is 60.4 Å². The highest BCUT2D eigenvalue weighted by atomic mass is 35.5. The summed E-state index contributed by atoms with van der Waals surface area (Å²) < 4.78 is 5.86. The van der Waals surface area contributed by atoms with Crippen LogP contribution in [0.25, 0.3) is 11.0 Å². The first-order chi connectivity index (χ1) is 12.2. The smallest absolute Gasteiger partial charge is 0.233 e. The average Bonchev–Trinajstić information content (AvgIpc) is 3.09. The summed E-state index contributed by atoms with van der Waals surface area (Å²) in [6.45, 7) is 3.56. The Morgan fingerprint density at radius 1 is 1.08 bits per heavy atom. The SMILES string of the molecule is CC(C(=O)N(CCN)CCc1ccccc1)c1cc2ccccc2o1.Cl. The minimum atomic E-state index is -0.324. The number of hydrogen-bond donors (Lipinski definition) is 1. The van der Waals surface area contributed by atoms with Gasteiger partial charge in [-0.1, -0.05) is 48.5 Å². The van der Waals surface area contributed by atoms with Crippen molar-refractivity contribution in [3.63, 3.8) is 0 Å². The van der Waals surface area contributed by atoms with E-state index in [1.165, 1.54) is 5.56 Å². The molecular formula is C21H25ClN2O2. The van der Waals surface area contributed by atoms with Gasteiger partial charge in [-0.25, -0.2) is 0 Å². The standard InChI is InChI=1S/C21H24N2O2.ClH/c1-16(20-15-18-9-5-6-10-19(18)25-20)21(24)23(14-12-22)13-11-17-7-3-2-4-8-17;/h2-10,15-16H,11-14,22H2,1H3;1H. The van der Waals surface area contributed by atoms with Gasteiger partial charge in [-0.3, -0.25) is 4.79 Å². The van der Waals surface area contributed by atoms with E-state index < -0.39 is 0 Å². The highest BCUT2D eigenvalue weighted by molar-refractivity contribution is 5.86. The van der Waals surface area contributed by atoms with Crippen LogP contribution in [0.15, 0.2) is 65.1 Å². The molecule has 1 heterocycles. The van der Waals surface area contributed by atoms with E-state index in [9.17, 15) is 4.79 Å². The lowest BCUT2D eigenvalue weighted by molar-refractivity contribution is -0.132. The van der Waals surface area contributed by atoms with Gasteiger partial charge in [0.15, 0.2) is 0 Å². The van der Waals surface area contributed by atoms with Crippen molar-refractivity contribution in [1.29, 1.82) is 0 Å². The summed E-state index contributed by atoms with van der Waals surface area (Å²) in [5.41, 5.74) is 7.75. The number of benzene rings is 2. The molecule has 3 aromatic rings. The fourth-order valence-corrected chi connectivity index (χ4v) is 3.01. The molecule has 4 nitrogen and oxygen atoms in total. The van der Waals surface area contributed by atoms with E-state index in [4.69, 9.17) is 10.2 Å². The van der Waals surface area contributed by atoms with Crippen molar-refractivity contribution in [3.05, 3.63) is 72.0 Å². The van der Waals surface area contributed by atoms with Gasteiger partial charge in [-0.05, 0) is 31.0 Å². The maximum Gasteiger partial charge on any atom is 0.233 e. The summed E-state index contributed by atoms with van der Waals surface area (Å²) in [7, 11) is 0. The number of nitrogens with zero attached hydrogens (tertiary/aromatic N) is 1. The molecule has 1 unspecified atom stereocenters. The van der Waals surface area contributed by atoms with Gasteiger partial charge in [0, 0.05) is 25.0 Å². The van der Waals surface area contributed by atoms with Crippen LogP contribution in [-0.2, 0) is 11.2 Å². The van der Waals surface area contributed by atoms with E-state index >= 15 is 0 Å². The van der Waals surface area contributed by atoms with Gasteiger partial charge in [0.05, 0.1) is 5.92 Å². The number of furan rings is 1. The number of hydrogen-bond acceptors (Lipinski definition) is 3. The minimum absolute atomic E-state index is 0. The van der Waals surface area contributed by atoms with Gasteiger partial charge >= 0.3 is 0 Å². The normalized spacial score (nSPS) is 11.8.